The zero-order chi connectivity index (χ0) is 10.8. The molecule has 0 aliphatic carbocycles. The van der Waals surface area contributed by atoms with E-state index in [1.807, 2.05) is 13.8 Å². The summed E-state index contributed by atoms with van der Waals surface area (Å²) in [6, 6.07) is 0. The van der Waals surface area contributed by atoms with Gasteiger partial charge in [-0.1, -0.05) is 0 Å². The summed E-state index contributed by atoms with van der Waals surface area (Å²) in [5.41, 5.74) is 0. The lowest BCUT2D eigenvalue weighted by Gasteiger charge is -2.14. The maximum absolute atomic E-state index is 11.2. The van der Waals surface area contributed by atoms with Crippen LogP contribution in [-0.2, 0) is 14.8 Å². The number of sulfonamides is 1. The van der Waals surface area contributed by atoms with Crippen molar-refractivity contribution in [1.29, 1.82) is 0 Å². The van der Waals surface area contributed by atoms with E-state index in [4.69, 9.17) is 4.74 Å². The van der Waals surface area contributed by atoms with Crippen LogP contribution in [0.3, 0.4) is 0 Å². The summed E-state index contributed by atoms with van der Waals surface area (Å²) < 4.78 is 29.4. The molecule has 1 atom stereocenters. The Morgan fingerprint density at radius 2 is 2.14 bits per heavy atom. The molecule has 0 radical (unpaired) electrons. The molecule has 1 fully saturated rings. The maximum Gasteiger partial charge on any atom is 0.211 e. The fourth-order valence-corrected chi connectivity index (χ4v) is 2.48. The fourth-order valence-electron chi connectivity index (χ4n) is 1.56. The predicted octanol–water partition coefficient (Wildman–Crippen LogP) is 0.693. The second-order valence-corrected chi connectivity index (χ2v) is 6.14. The van der Waals surface area contributed by atoms with Crippen molar-refractivity contribution in [3.8, 4) is 0 Å². The van der Waals surface area contributed by atoms with Crippen LogP contribution in [0.5, 0.6) is 0 Å². The standard InChI is InChI=1S/C9H19NO3S/c1-8(2)13-7-9-4-5-10(6-9)14(3,11)12/h8-9H,4-7H2,1-3H3. The SMILES string of the molecule is CC(C)OCC1CCN(S(C)(=O)=O)C1. The molecule has 0 aromatic heterocycles. The van der Waals surface area contributed by atoms with Crippen molar-refractivity contribution in [2.24, 2.45) is 5.92 Å². The van der Waals surface area contributed by atoms with Gasteiger partial charge in [0.1, 0.15) is 0 Å². The van der Waals surface area contributed by atoms with Gasteiger partial charge in [0.15, 0.2) is 0 Å². The van der Waals surface area contributed by atoms with E-state index >= 15 is 0 Å². The van der Waals surface area contributed by atoms with Crippen molar-refractivity contribution in [2.75, 3.05) is 26.0 Å². The van der Waals surface area contributed by atoms with Crippen molar-refractivity contribution in [2.45, 2.75) is 26.4 Å². The van der Waals surface area contributed by atoms with Gasteiger partial charge < -0.3 is 4.74 Å². The number of nitrogens with zero attached hydrogens (tertiary/aromatic N) is 1. The Morgan fingerprint density at radius 3 is 2.57 bits per heavy atom. The summed E-state index contributed by atoms with van der Waals surface area (Å²) in [6.07, 6.45) is 2.40. The van der Waals surface area contributed by atoms with Crippen molar-refractivity contribution >= 4 is 10.0 Å². The van der Waals surface area contributed by atoms with Crippen LogP contribution in [0, 0.1) is 5.92 Å². The van der Waals surface area contributed by atoms with Gasteiger partial charge in [-0.25, -0.2) is 12.7 Å². The van der Waals surface area contributed by atoms with Gasteiger partial charge >= 0.3 is 0 Å². The number of ether oxygens (including phenoxy) is 1. The van der Waals surface area contributed by atoms with Crippen LogP contribution in [0.1, 0.15) is 20.3 Å². The van der Waals surface area contributed by atoms with Gasteiger partial charge in [0.25, 0.3) is 0 Å². The molecule has 84 valence electrons. The monoisotopic (exact) mass is 221 g/mol. The molecule has 1 aliphatic heterocycles. The first kappa shape index (κ1) is 11.9. The molecular formula is C9H19NO3S. The number of hydrogen-bond acceptors (Lipinski definition) is 3. The van der Waals surface area contributed by atoms with Gasteiger partial charge in [-0.3, -0.25) is 0 Å². The largest absolute Gasteiger partial charge is 0.378 e. The van der Waals surface area contributed by atoms with E-state index in [2.05, 4.69) is 0 Å². The molecule has 14 heavy (non-hydrogen) atoms. The highest BCUT2D eigenvalue weighted by Crippen LogP contribution is 2.19. The zero-order valence-corrected chi connectivity index (χ0v) is 9.88. The van der Waals surface area contributed by atoms with E-state index in [9.17, 15) is 8.42 Å². The Hall–Kier alpha value is -0.130. The minimum Gasteiger partial charge on any atom is -0.378 e. The maximum atomic E-state index is 11.2. The van der Waals surface area contributed by atoms with E-state index in [0.29, 0.717) is 25.6 Å². The normalized spacial score (nSPS) is 24.7. The third-order valence-corrected chi connectivity index (χ3v) is 3.65. The molecule has 1 saturated heterocycles. The second kappa shape index (κ2) is 4.59. The van der Waals surface area contributed by atoms with Crippen molar-refractivity contribution in [1.82, 2.24) is 4.31 Å². The molecule has 4 nitrogen and oxygen atoms in total. The molecular weight excluding hydrogens is 202 g/mol. The summed E-state index contributed by atoms with van der Waals surface area (Å²) in [6.45, 7) is 5.91. The van der Waals surface area contributed by atoms with Crippen molar-refractivity contribution < 1.29 is 13.2 Å². The van der Waals surface area contributed by atoms with Gasteiger partial charge in [-0.05, 0) is 26.2 Å². The molecule has 0 saturated carbocycles. The van der Waals surface area contributed by atoms with Crippen molar-refractivity contribution in [3.05, 3.63) is 0 Å². The lowest BCUT2D eigenvalue weighted by atomic mass is 10.1. The summed E-state index contributed by atoms with van der Waals surface area (Å²) >= 11 is 0. The molecule has 1 aliphatic rings. The topological polar surface area (TPSA) is 46.6 Å². The van der Waals surface area contributed by atoms with Gasteiger partial charge in [-0.15, -0.1) is 0 Å². The summed E-state index contributed by atoms with van der Waals surface area (Å²) in [7, 11) is -3.00. The molecule has 0 N–H and O–H groups in total. The quantitative estimate of drug-likeness (QED) is 0.702. The highest BCUT2D eigenvalue weighted by Gasteiger charge is 2.28. The van der Waals surface area contributed by atoms with Crippen LogP contribution in [0.4, 0.5) is 0 Å². The summed E-state index contributed by atoms with van der Waals surface area (Å²) in [5, 5.41) is 0. The van der Waals surface area contributed by atoms with Crippen LogP contribution >= 0.6 is 0 Å². The summed E-state index contributed by atoms with van der Waals surface area (Å²) in [4.78, 5) is 0. The Morgan fingerprint density at radius 1 is 1.50 bits per heavy atom. The highest BCUT2D eigenvalue weighted by atomic mass is 32.2. The Kier molecular flexibility index (Phi) is 3.92. The van der Waals surface area contributed by atoms with Crippen molar-refractivity contribution in [3.63, 3.8) is 0 Å². The Balaban J connectivity index is 2.35. The van der Waals surface area contributed by atoms with Crippen LogP contribution in [0.2, 0.25) is 0 Å². The molecule has 0 amide bonds. The predicted molar refractivity (Wildman–Crippen MR) is 55.6 cm³/mol. The molecule has 1 rings (SSSR count). The smallest absolute Gasteiger partial charge is 0.211 e. The molecule has 5 heteroatoms. The van der Waals surface area contributed by atoms with Crippen LogP contribution < -0.4 is 0 Å². The molecule has 1 unspecified atom stereocenters. The number of rotatable bonds is 4. The Bertz CT molecular complexity index is 274. The van der Waals surface area contributed by atoms with Crippen LogP contribution in [0.25, 0.3) is 0 Å². The highest BCUT2D eigenvalue weighted by molar-refractivity contribution is 7.88. The summed E-state index contributed by atoms with van der Waals surface area (Å²) in [5.74, 6) is 0.368. The second-order valence-electron chi connectivity index (χ2n) is 4.16. The lowest BCUT2D eigenvalue weighted by Crippen LogP contribution is -2.28. The molecule has 0 aromatic rings. The average Bonchev–Trinajstić information content (AvgIpc) is 2.47. The molecule has 0 spiro atoms. The van der Waals surface area contributed by atoms with Crippen LogP contribution in [0.15, 0.2) is 0 Å². The minimum atomic E-state index is -3.00. The first-order chi connectivity index (χ1) is 6.39. The van der Waals surface area contributed by atoms with Crippen LogP contribution in [-0.4, -0.2) is 44.8 Å². The van der Waals surface area contributed by atoms with E-state index in [1.165, 1.54) is 10.6 Å². The third-order valence-electron chi connectivity index (χ3n) is 2.38. The van der Waals surface area contributed by atoms with E-state index < -0.39 is 10.0 Å². The van der Waals surface area contributed by atoms with Gasteiger partial charge in [-0.2, -0.15) is 0 Å². The molecule has 1 heterocycles. The first-order valence-electron chi connectivity index (χ1n) is 4.96. The minimum absolute atomic E-state index is 0.224. The number of hydrogen-bond donors (Lipinski definition) is 0. The molecule has 0 aromatic carbocycles. The first-order valence-corrected chi connectivity index (χ1v) is 6.81. The van der Waals surface area contributed by atoms with E-state index in [1.54, 1.807) is 0 Å². The van der Waals surface area contributed by atoms with Gasteiger partial charge in [0, 0.05) is 13.1 Å². The molecule has 0 bridgehead atoms. The Labute approximate surface area is 86.3 Å². The lowest BCUT2D eigenvalue weighted by molar-refractivity contribution is 0.0545. The van der Waals surface area contributed by atoms with E-state index in [-0.39, 0.29) is 6.10 Å². The average molecular weight is 221 g/mol. The fraction of sp³-hybridized carbons (Fsp3) is 1.00. The van der Waals surface area contributed by atoms with E-state index in [0.717, 1.165) is 6.42 Å². The zero-order valence-electron chi connectivity index (χ0n) is 9.06. The third kappa shape index (κ3) is 3.55. The van der Waals surface area contributed by atoms with Gasteiger partial charge in [0.05, 0.1) is 19.0 Å². The van der Waals surface area contributed by atoms with Gasteiger partial charge in [0.2, 0.25) is 10.0 Å².